The van der Waals surface area contributed by atoms with Gasteiger partial charge in [-0.05, 0) is 48.4 Å². The largest absolute Gasteiger partial charge is 0.335 e. The van der Waals surface area contributed by atoms with E-state index in [-0.39, 0.29) is 21.4 Å². The number of benzene rings is 3. The molecule has 6 nitrogen and oxygen atoms in total. The first-order valence-electron chi connectivity index (χ1n) is 10.3. The Morgan fingerprint density at radius 1 is 1.12 bits per heavy atom. The van der Waals surface area contributed by atoms with Gasteiger partial charge in [-0.15, -0.1) is 11.3 Å². The van der Waals surface area contributed by atoms with Crippen molar-refractivity contribution in [2.75, 3.05) is 17.9 Å². The first kappa shape index (κ1) is 21.9. The predicted molar refractivity (Wildman–Crippen MR) is 132 cm³/mol. The van der Waals surface area contributed by atoms with Gasteiger partial charge in [0.05, 0.1) is 27.5 Å². The van der Waals surface area contributed by atoms with Crippen LogP contribution in [0.1, 0.15) is 20.9 Å². The van der Waals surface area contributed by atoms with Crippen LogP contribution in [0, 0.1) is 0 Å². The molecule has 0 radical (unpaired) electrons. The molecule has 0 bridgehead atoms. The van der Waals surface area contributed by atoms with Gasteiger partial charge in [-0.25, -0.2) is 13.4 Å². The van der Waals surface area contributed by atoms with E-state index in [9.17, 15) is 13.2 Å². The maximum Gasteiger partial charge on any atom is 0.265 e. The zero-order valence-corrected chi connectivity index (χ0v) is 20.1. The fourth-order valence-corrected chi connectivity index (χ4v) is 7.02. The molecule has 0 atom stereocenters. The number of anilines is 1. The summed E-state index contributed by atoms with van der Waals surface area (Å²) >= 11 is 7.84. The van der Waals surface area contributed by atoms with E-state index in [4.69, 9.17) is 11.6 Å². The Bertz CT molecular complexity index is 1450. The Labute approximate surface area is 201 Å². The normalized spacial score (nSPS) is 13.3. The SMILES string of the molecule is CN(Cc1nc2ccccc2s1)C(=O)c1ccc(Cl)c(S(=O)(=O)N2CCc3ccccc32)c1. The third kappa shape index (κ3) is 3.99. The predicted octanol–water partition coefficient (Wildman–Crippen LogP) is 4.97. The molecular formula is C24H20ClN3O3S2. The summed E-state index contributed by atoms with van der Waals surface area (Å²) < 4.78 is 29.3. The summed E-state index contributed by atoms with van der Waals surface area (Å²) in [4.78, 5) is 19.2. The van der Waals surface area contributed by atoms with Crippen LogP contribution in [0.2, 0.25) is 5.02 Å². The number of hydrogen-bond acceptors (Lipinski definition) is 5. The zero-order chi connectivity index (χ0) is 23.2. The Kier molecular flexibility index (Phi) is 5.60. The second-order valence-electron chi connectivity index (χ2n) is 7.84. The molecule has 1 amide bonds. The smallest absolute Gasteiger partial charge is 0.265 e. The number of carbonyl (C=O) groups is 1. The average Bonchev–Trinajstić information content (AvgIpc) is 3.42. The van der Waals surface area contributed by atoms with Crippen LogP contribution in [0.25, 0.3) is 10.2 Å². The molecule has 3 aromatic carbocycles. The van der Waals surface area contributed by atoms with Gasteiger partial charge in [-0.1, -0.05) is 41.9 Å². The van der Waals surface area contributed by atoms with Crippen LogP contribution in [0.3, 0.4) is 0 Å². The van der Waals surface area contributed by atoms with Crippen LogP contribution >= 0.6 is 22.9 Å². The number of hydrogen-bond donors (Lipinski definition) is 0. The van der Waals surface area contributed by atoms with E-state index in [1.807, 2.05) is 42.5 Å². The molecule has 1 aliphatic rings. The number of amides is 1. The highest BCUT2D eigenvalue weighted by molar-refractivity contribution is 7.93. The molecule has 1 aromatic heterocycles. The van der Waals surface area contributed by atoms with E-state index >= 15 is 0 Å². The summed E-state index contributed by atoms with van der Waals surface area (Å²) in [6.07, 6.45) is 0.635. The standard InChI is InChI=1S/C24H20ClN3O3S2/c1-27(15-23-26-19-7-3-5-9-21(19)32-23)24(29)17-10-11-18(25)22(14-17)33(30,31)28-13-12-16-6-2-4-8-20(16)28/h2-11,14H,12-13,15H2,1H3. The number of halogens is 1. The van der Waals surface area contributed by atoms with Crippen molar-refractivity contribution in [3.8, 4) is 0 Å². The van der Waals surface area contributed by atoms with E-state index in [0.29, 0.717) is 25.2 Å². The lowest BCUT2D eigenvalue weighted by atomic mass is 10.2. The Morgan fingerprint density at radius 3 is 2.70 bits per heavy atom. The third-order valence-electron chi connectivity index (χ3n) is 5.65. The van der Waals surface area contributed by atoms with E-state index in [0.717, 1.165) is 20.8 Å². The van der Waals surface area contributed by atoms with Crippen molar-refractivity contribution >= 4 is 54.8 Å². The molecule has 0 saturated carbocycles. The van der Waals surface area contributed by atoms with Gasteiger partial charge in [0.1, 0.15) is 9.90 Å². The second kappa shape index (κ2) is 8.44. The third-order valence-corrected chi connectivity index (χ3v) is 8.96. The van der Waals surface area contributed by atoms with Crippen LogP contribution in [-0.4, -0.2) is 37.8 Å². The molecule has 0 unspecified atom stereocenters. The fourth-order valence-electron chi connectivity index (χ4n) is 3.99. The first-order valence-corrected chi connectivity index (χ1v) is 13.0. The number of sulfonamides is 1. The summed E-state index contributed by atoms with van der Waals surface area (Å²) in [5.74, 6) is -0.302. The minimum Gasteiger partial charge on any atom is -0.335 e. The molecule has 9 heteroatoms. The minimum absolute atomic E-state index is 0.0693. The number of nitrogens with zero attached hydrogens (tertiary/aromatic N) is 3. The molecule has 5 rings (SSSR count). The average molecular weight is 498 g/mol. The Hall–Kier alpha value is -2.94. The van der Waals surface area contributed by atoms with E-state index < -0.39 is 10.0 Å². The zero-order valence-electron chi connectivity index (χ0n) is 17.7. The lowest BCUT2D eigenvalue weighted by Crippen LogP contribution is -2.30. The van der Waals surface area contributed by atoms with Crippen molar-refractivity contribution in [2.45, 2.75) is 17.9 Å². The van der Waals surface area contributed by atoms with Crippen LogP contribution < -0.4 is 4.31 Å². The monoisotopic (exact) mass is 497 g/mol. The quantitative estimate of drug-likeness (QED) is 0.390. The molecule has 0 saturated heterocycles. The van der Waals surface area contributed by atoms with Crippen LogP contribution in [0.4, 0.5) is 5.69 Å². The first-order chi connectivity index (χ1) is 15.8. The molecule has 1 aliphatic heterocycles. The van der Waals surface area contributed by atoms with Crippen LogP contribution in [-0.2, 0) is 23.0 Å². The van der Waals surface area contributed by atoms with Crippen molar-refractivity contribution in [1.29, 1.82) is 0 Å². The number of para-hydroxylation sites is 2. The van der Waals surface area contributed by atoms with E-state index in [2.05, 4.69) is 4.98 Å². The summed E-state index contributed by atoms with van der Waals surface area (Å²) in [5.41, 5.74) is 2.77. The molecule has 2 heterocycles. The highest BCUT2D eigenvalue weighted by Crippen LogP contribution is 2.35. The molecule has 0 spiro atoms. The maximum absolute atomic E-state index is 13.5. The summed E-state index contributed by atoms with van der Waals surface area (Å²) in [7, 11) is -2.25. The van der Waals surface area contributed by atoms with Gasteiger partial charge >= 0.3 is 0 Å². The maximum atomic E-state index is 13.5. The van der Waals surface area contributed by atoms with Crippen LogP contribution in [0.15, 0.2) is 71.6 Å². The molecule has 4 aromatic rings. The number of aromatic nitrogens is 1. The Balaban J connectivity index is 1.42. The lowest BCUT2D eigenvalue weighted by Gasteiger charge is -2.21. The molecular weight excluding hydrogens is 478 g/mol. The van der Waals surface area contributed by atoms with Gasteiger partial charge in [0, 0.05) is 19.2 Å². The van der Waals surface area contributed by atoms with E-state index in [1.165, 1.54) is 32.7 Å². The molecule has 33 heavy (non-hydrogen) atoms. The molecule has 168 valence electrons. The van der Waals surface area contributed by atoms with Crippen molar-refractivity contribution < 1.29 is 13.2 Å². The fraction of sp³-hybridized carbons (Fsp3) is 0.167. The van der Waals surface area contributed by atoms with Crippen molar-refractivity contribution in [1.82, 2.24) is 9.88 Å². The molecule has 0 N–H and O–H groups in total. The highest BCUT2D eigenvalue weighted by atomic mass is 35.5. The molecule has 0 aliphatic carbocycles. The van der Waals surface area contributed by atoms with Gasteiger partial charge in [-0.3, -0.25) is 9.10 Å². The number of rotatable bonds is 5. The number of fused-ring (bicyclic) bond motifs is 2. The van der Waals surface area contributed by atoms with Crippen LogP contribution in [0.5, 0.6) is 0 Å². The topological polar surface area (TPSA) is 70.6 Å². The lowest BCUT2D eigenvalue weighted by molar-refractivity contribution is 0.0785. The van der Waals surface area contributed by atoms with Crippen molar-refractivity contribution in [3.63, 3.8) is 0 Å². The summed E-state index contributed by atoms with van der Waals surface area (Å²) in [5, 5.41) is 0.896. The highest BCUT2D eigenvalue weighted by Gasteiger charge is 2.32. The second-order valence-corrected chi connectivity index (χ2v) is 11.2. The van der Waals surface area contributed by atoms with Crippen molar-refractivity contribution in [3.05, 3.63) is 87.9 Å². The van der Waals surface area contributed by atoms with Gasteiger partial charge < -0.3 is 4.90 Å². The summed E-state index contributed by atoms with van der Waals surface area (Å²) in [6, 6.07) is 19.6. The van der Waals surface area contributed by atoms with Gasteiger partial charge in [0.15, 0.2) is 0 Å². The van der Waals surface area contributed by atoms with Gasteiger partial charge in [0.2, 0.25) is 0 Å². The number of thiazole rings is 1. The summed E-state index contributed by atoms with van der Waals surface area (Å²) in [6.45, 7) is 0.663. The van der Waals surface area contributed by atoms with Gasteiger partial charge in [-0.2, -0.15) is 0 Å². The van der Waals surface area contributed by atoms with E-state index in [1.54, 1.807) is 19.2 Å². The Morgan fingerprint density at radius 2 is 1.88 bits per heavy atom. The van der Waals surface area contributed by atoms with Gasteiger partial charge in [0.25, 0.3) is 15.9 Å². The van der Waals surface area contributed by atoms with Crippen molar-refractivity contribution in [2.24, 2.45) is 0 Å². The minimum atomic E-state index is -3.92. The number of carbonyl (C=O) groups excluding carboxylic acids is 1. The molecule has 0 fully saturated rings.